The van der Waals surface area contributed by atoms with E-state index in [1.165, 1.54) is 12.1 Å². The van der Waals surface area contributed by atoms with E-state index in [0.717, 1.165) is 33.8 Å². The van der Waals surface area contributed by atoms with E-state index in [1.54, 1.807) is 35.3 Å². The number of urea groups is 1. The molecule has 4 aromatic rings. The predicted molar refractivity (Wildman–Crippen MR) is 143 cm³/mol. The SMILES string of the molecule is C=Cc1nn(C)c2cncc(-c3ccc(NC(=O)Nc4ccc(OC5CCOCC5)c(C(F)(F)F)c4)cc3)c12. The topological polar surface area (TPSA) is 90.3 Å². The number of aryl methyl sites for hydroxylation is 1. The Morgan fingerprint density at radius 3 is 2.49 bits per heavy atom. The molecule has 2 aromatic heterocycles. The van der Waals surface area contributed by atoms with E-state index in [4.69, 9.17) is 9.47 Å². The van der Waals surface area contributed by atoms with Crippen LogP contribution in [0.2, 0.25) is 0 Å². The Kier molecular flexibility index (Phi) is 7.25. The molecule has 11 heteroatoms. The second kappa shape index (κ2) is 10.8. The van der Waals surface area contributed by atoms with Gasteiger partial charge < -0.3 is 20.1 Å². The molecule has 2 N–H and O–H groups in total. The zero-order valence-electron chi connectivity index (χ0n) is 21.1. The number of ether oxygens (including phenoxy) is 2. The van der Waals surface area contributed by atoms with Gasteiger partial charge in [0.05, 0.1) is 36.2 Å². The molecule has 5 rings (SSSR count). The minimum absolute atomic E-state index is 0.0120. The normalized spacial score (nSPS) is 14.3. The van der Waals surface area contributed by atoms with Gasteiger partial charge in [0.25, 0.3) is 0 Å². The highest BCUT2D eigenvalue weighted by molar-refractivity contribution is 6.01. The number of hydrogen-bond donors (Lipinski definition) is 2. The van der Waals surface area contributed by atoms with Gasteiger partial charge in [0.15, 0.2) is 0 Å². The number of hydrogen-bond acceptors (Lipinski definition) is 5. The van der Waals surface area contributed by atoms with Gasteiger partial charge >= 0.3 is 12.2 Å². The fourth-order valence-electron chi connectivity index (χ4n) is 4.52. The minimum Gasteiger partial charge on any atom is -0.490 e. The summed E-state index contributed by atoms with van der Waals surface area (Å²) in [6.07, 6.45) is 1.17. The number of fused-ring (bicyclic) bond motifs is 1. The summed E-state index contributed by atoms with van der Waals surface area (Å²) >= 11 is 0. The van der Waals surface area contributed by atoms with Gasteiger partial charge in [-0.2, -0.15) is 18.3 Å². The number of halogens is 3. The molecule has 202 valence electrons. The number of pyridine rings is 1. The lowest BCUT2D eigenvalue weighted by atomic mass is 10.0. The molecule has 3 heterocycles. The summed E-state index contributed by atoms with van der Waals surface area (Å²) in [5, 5.41) is 10.5. The molecule has 8 nitrogen and oxygen atoms in total. The third kappa shape index (κ3) is 5.73. The van der Waals surface area contributed by atoms with E-state index in [9.17, 15) is 18.0 Å². The lowest BCUT2D eigenvalue weighted by molar-refractivity contribution is -0.139. The molecule has 1 aliphatic heterocycles. The molecule has 0 spiro atoms. The maximum atomic E-state index is 13.7. The maximum absolute atomic E-state index is 13.7. The third-order valence-electron chi connectivity index (χ3n) is 6.44. The summed E-state index contributed by atoms with van der Waals surface area (Å²) in [7, 11) is 1.83. The van der Waals surface area contributed by atoms with Crippen molar-refractivity contribution in [1.29, 1.82) is 0 Å². The number of carbonyl (C=O) groups excluding carboxylic acids is 1. The van der Waals surface area contributed by atoms with Crippen LogP contribution in [-0.4, -0.2) is 40.1 Å². The number of anilines is 2. The predicted octanol–water partition coefficient (Wildman–Crippen LogP) is 6.50. The number of carbonyl (C=O) groups is 1. The van der Waals surface area contributed by atoms with Crippen molar-refractivity contribution in [2.45, 2.75) is 25.1 Å². The number of rotatable bonds is 6. The molecule has 1 aliphatic rings. The summed E-state index contributed by atoms with van der Waals surface area (Å²) in [5.41, 5.74) is 2.79. The molecule has 0 aliphatic carbocycles. The van der Waals surface area contributed by atoms with Crippen LogP contribution in [0.25, 0.3) is 28.1 Å². The molecule has 39 heavy (non-hydrogen) atoms. The van der Waals surface area contributed by atoms with Gasteiger partial charge in [0.1, 0.15) is 11.9 Å². The summed E-state index contributed by atoms with van der Waals surface area (Å²) < 4.78 is 53.8. The number of alkyl halides is 3. The highest BCUT2D eigenvalue weighted by Gasteiger charge is 2.35. The first-order valence-corrected chi connectivity index (χ1v) is 12.3. The van der Waals surface area contributed by atoms with Gasteiger partial charge in [-0.1, -0.05) is 18.7 Å². The number of amides is 2. The lowest BCUT2D eigenvalue weighted by Crippen LogP contribution is -2.27. The van der Waals surface area contributed by atoms with Crippen molar-refractivity contribution in [1.82, 2.24) is 14.8 Å². The summed E-state index contributed by atoms with van der Waals surface area (Å²) in [6, 6.07) is 9.83. The van der Waals surface area contributed by atoms with Crippen molar-refractivity contribution < 1.29 is 27.4 Å². The fraction of sp³-hybridized carbons (Fsp3) is 0.250. The van der Waals surface area contributed by atoms with Gasteiger partial charge in [0, 0.05) is 48.4 Å². The van der Waals surface area contributed by atoms with Crippen LogP contribution < -0.4 is 15.4 Å². The highest BCUT2D eigenvalue weighted by atomic mass is 19.4. The zero-order chi connectivity index (χ0) is 27.6. The van der Waals surface area contributed by atoms with Crippen LogP contribution in [0.15, 0.2) is 61.4 Å². The Bertz CT molecular complexity index is 1510. The Hall–Kier alpha value is -4.38. The van der Waals surface area contributed by atoms with Crippen molar-refractivity contribution in [2.75, 3.05) is 23.8 Å². The number of nitrogens with zero attached hydrogens (tertiary/aromatic N) is 3. The quantitative estimate of drug-likeness (QED) is 0.293. The number of aromatic nitrogens is 3. The smallest absolute Gasteiger partial charge is 0.420 e. The molecule has 0 unspecified atom stereocenters. The summed E-state index contributed by atoms with van der Waals surface area (Å²) in [5.74, 6) is -0.270. The minimum atomic E-state index is -4.65. The average molecular weight is 538 g/mol. The maximum Gasteiger partial charge on any atom is 0.420 e. The van der Waals surface area contributed by atoms with Crippen molar-refractivity contribution in [3.63, 3.8) is 0 Å². The van der Waals surface area contributed by atoms with Crippen molar-refractivity contribution in [3.8, 4) is 16.9 Å². The van der Waals surface area contributed by atoms with Gasteiger partial charge in [-0.3, -0.25) is 9.67 Å². The molecule has 0 radical (unpaired) electrons. The fourth-order valence-corrected chi connectivity index (χ4v) is 4.52. The Morgan fingerprint density at radius 2 is 1.79 bits per heavy atom. The Morgan fingerprint density at radius 1 is 1.10 bits per heavy atom. The lowest BCUT2D eigenvalue weighted by Gasteiger charge is -2.25. The van der Waals surface area contributed by atoms with E-state index < -0.39 is 17.8 Å². The van der Waals surface area contributed by atoms with Gasteiger partial charge in [0.2, 0.25) is 0 Å². The summed E-state index contributed by atoms with van der Waals surface area (Å²) in [4.78, 5) is 16.9. The van der Waals surface area contributed by atoms with Crippen LogP contribution in [-0.2, 0) is 18.0 Å². The molecule has 2 aromatic carbocycles. The molecule has 1 saturated heterocycles. The molecule has 0 saturated carbocycles. The Balaban J connectivity index is 1.30. The van der Waals surface area contributed by atoms with Crippen LogP contribution in [0.3, 0.4) is 0 Å². The van der Waals surface area contributed by atoms with Gasteiger partial charge in [-0.15, -0.1) is 0 Å². The van der Waals surface area contributed by atoms with E-state index in [-0.39, 0.29) is 17.5 Å². The highest BCUT2D eigenvalue weighted by Crippen LogP contribution is 2.39. The second-order valence-electron chi connectivity index (χ2n) is 9.09. The van der Waals surface area contributed by atoms with E-state index in [0.29, 0.717) is 31.7 Å². The first kappa shape index (κ1) is 26.2. The molecular formula is C28H26F3N5O3. The molecule has 0 atom stereocenters. The van der Waals surface area contributed by atoms with Crippen molar-refractivity contribution in [3.05, 3.63) is 72.7 Å². The van der Waals surface area contributed by atoms with Crippen molar-refractivity contribution in [2.24, 2.45) is 7.05 Å². The molecular weight excluding hydrogens is 511 g/mol. The van der Waals surface area contributed by atoms with Crippen LogP contribution in [0, 0.1) is 0 Å². The molecule has 0 bridgehead atoms. The van der Waals surface area contributed by atoms with E-state index in [1.807, 2.05) is 19.2 Å². The van der Waals surface area contributed by atoms with E-state index >= 15 is 0 Å². The van der Waals surface area contributed by atoms with Crippen molar-refractivity contribution >= 4 is 34.4 Å². The second-order valence-corrected chi connectivity index (χ2v) is 9.09. The summed E-state index contributed by atoms with van der Waals surface area (Å²) in [6.45, 7) is 4.72. The zero-order valence-corrected chi connectivity index (χ0v) is 21.1. The third-order valence-corrected chi connectivity index (χ3v) is 6.44. The van der Waals surface area contributed by atoms with Crippen LogP contribution >= 0.6 is 0 Å². The van der Waals surface area contributed by atoms with Gasteiger partial charge in [-0.25, -0.2) is 4.79 Å². The van der Waals surface area contributed by atoms with Gasteiger partial charge in [-0.05, 0) is 42.0 Å². The molecule has 1 fully saturated rings. The largest absolute Gasteiger partial charge is 0.490 e. The van der Waals surface area contributed by atoms with Crippen LogP contribution in [0.4, 0.5) is 29.3 Å². The Labute approximate surface area is 222 Å². The number of benzene rings is 2. The van der Waals surface area contributed by atoms with E-state index in [2.05, 4.69) is 27.3 Å². The number of nitrogens with one attached hydrogen (secondary N) is 2. The monoisotopic (exact) mass is 537 g/mol. The first-order chi connectivity index (χ1) is 18.7. The average Bonchev–Trinajstić information content (AvgIpc) is 3.26. The van der Waals surface area contributed by atoms with Crippen LogP contribution in [0.5, 0.6) is 5.75 Å². The first-order valence-electron chi connectivity index (χ1n) is 12.3. The standard InChI is InChI=1S/C28H26F3N5O3/c1-3-23-26-21(15-32-16-24(26)36(2)35-23)17-4-6-18(7-5-17)33-27(37)34-19-8-9-25(22(14-19)28(29,30)31)39-20-10-12-38-13-11-20/h3-9,14-16,20H,1,10-13H2,2H3,(H2,33,34,37). The molecule has 2 amide bonds. The van der Waals surface area contributed by atoms with Crippen LogP contribution in [0.1, 0.15) is 24.1 Å².